The molecule has 0 aliphatic carbocycles. The summed E-state index contributed by atoms with van der Waals surface area (Å²) in [4.78, 5) is 0. The number of hydrogen-bond donors (Lipinski definition) is 2. The molecule has 16 heavy (non-hydrogen) atoms. The number of nitrogens with one attached hydrogen (secondary N) is 1. The van der Waals surface area contributed by atoms with Crippen LogP contribution in [0.4, 0.5) is 0 Å². The first-order valence-corrected chi connectivity index (χ1v) is 5.77. The molecule has 2 nitrogen and oxygen atoms in total. The van der Waals surface area contributed by atoms with Crippen molar-refractivity contribution in [2.45, 2.75) is 20.0 Å². The van der Waals surface area contributed by atoms with Crippen molar-refractivity contribution in [1.82, 2.24) is 5.32 Å². The van der Waals surface area contributed by atoms with E-state index in [0.717, 1.165) is 17.1 Å². The fraction of sp³-hybridized carbons (Fsp3) is 0.385. The van der Waals surface area contributed by atoms with Crippen molar-refractivity contribution in [2.75, 3.05) is 13.1 Å². The van der Waals surface area contributed by atoms with Gasteiger partial charge < -0.3 is 10.4 Å². The van der Waals surface area contributed by atoms with E-state index in [2.05, 4.69) is 18.3 Å². The van der Waals surface area contributed by atoms with Gasteiger partial charge in [-0.1, -0.05) is 35.4 Å². The lowest BCUT2D eigenvalue weighted by molar-refractivity contribution is 0.192. The van der Waals surface area contributed by atoms with Crippen LogP contribution in [0.2, 0.25) is 5.02 Å². The smallest absolute Gasteiger partial charge is 0.0636 e. The normalized spacial score (nSPS) is 13.9. The molecular formula is C13H18ClNO. The molecule has 0 aromatic heterocycles. The molecule has 1 atom stereocenters. The molecule has 3 heteroatoms. The van der Waals surface area contributed by atoms with Gasteiger partial charge in [-0.05, 0) is 31.5 Å². The lowest BCUT2D eigenvalue weighted by atomic mass is 10.1. The molecule has 1 aromatic carbocycles. The molecule has 0 fully saturated rings. The van der Waals surface area contributed by atoms with Gasteiger partial charge in [0.1, 0.15) is 0 Å². The average molecular weight is 240 g/mol. The van der Waals surface area contributed by atoms with E-state index in [1.54, 1.807) is 6.92 Å². The second-order valence-electron chi connectivity index (χ2n) is 4.02. The van der Waals surface area contributed by atoms with Gasteiger partial charge in [0.25, 0.3) is 0 Å². The Bertz CT molecular complexity index is 343. The van der Waals surface area contributed by atoms with Crippen molar-refractivity contribution in [3.63, 3.8) is 0 Å². The predicted molar refractivity (Wildman–Crippen MR) is 69.7 cm³/mol. The lowest BCUT2D eigenvalue weighted by Gasteiger charge is -2.07. The molecule has 0 saturated carbocycles. The first kappa shape index (κ1) is 13.2. The Morgan fingerprint density at radius 3 is 2.62 bits per heavy atom. The Morgan fingerprint density at radius 1 is 1.44 bits per heavy atom. The van der Waals surface area contributed by atoms with E-state index in [1.807, 2.05) is 24.3 Å². The van der Waals surface area contributed by atoms with Crippen LogP contribution in [0.5, 0.6) is 0 Å². The Hall–Kier alpha value is -0.830. The predicted octanol–water partition coefficient (Wildman–Crippen LogP) is 2.71. The SMILES string of the molecule is C/C(=C\c1ccc(Cl)cc1)CNC[C@H](C)O. The van der Waals surface area contributed by atoms with Gasteiger partial charge in [0.05, 0.1) is 6.10 Å². The first-order chi connectivity index (χ1) is 7.58. The van der Waals surface area contributed by atoms with Crippen LogP contribution in [-0.2, 0) is 0 Å². The monoisotopic (exact) mass is 239 g/mol. The van der Waals surface area contributed by atoms with Crippen LogP contribution in [0.25, 0.3) is 6.08 Å². The number of aliphatic hydroxyl groups is 1. The average Bonchev–Trinajstić information content (AvgIpc) is 2.21. The molecule has 0 aliphatic rings. The highest BCUT2D eigenvalue weighted by atomic mass is 35.5. The summed E-state index contributed by atoms with van der Waals surface area (Å²) in [6.07, 6.45) is 1.80. The lowest BCUT2D eigenvalue weighted by Crippen LogP contribution is -2.25. The molecular weight excluding hydrogens is 222 g/mol. The maximum atomic E-state index is 9.09. The molecule has 0 unspecified atom stereocenters. The van der Waals surface area contributed by atoms with Gasteiger partial charge in [0, 0.05) is 18.1 Å². The zero-order valence-electron chi connectivity index (χ0n) is 9.70. The van der Waals surface area contributed by atoms with Crippen LogP contribution in [-0.4, -0.2) is 24.3 Å². The summed E-state index contributed by atoms with van der Waals surface area (Å²) in [5, 5.41) is 13.0. The Balaban J connectivity index is 2.46. The maximum absolute atomic E-state index is 9.09. The van der Waals surface area contributed by atoms with E-state index in [0.29, 0.717) is 6.54 Å². The Morgan fingerprint density at radius 2 is 2.06 bits per heavy atom. The fourth-order valence-corrected chi connectivity index (χ4v) is 1.50. The van der Waals surface area contributed by atoms with E-state index in [-0.39, 0.29) is 6.10 Å². The summed E-state index contributed by atoms with van der Waals surface area (Å²) in [5.41, 5.74) is 2.36. The second-order valence-corrected chi connectivity index (χ2v) is 4.46. The largest absolute Gasteiger partial charge is 0.392 e. The second kappa shape index (κ2) is 6.69. The third kappa shape index (κ3) is 5.31. The van der Waals surface area contributed by atoms with Crippen LogP contribution in [0.1, 0.15) is 19.4 Å². The van der Waals surface area contributed by atoms with Crippen LogP contribution in [0.15, 0.2) is 29.8 Å². The minimum absolute atomic E-state index is 0.302. The number of hydrogen-bond acceptors (Lipinski definition) is 2. The summed E-state index contributed by atoms with van der Waals surface area (Å²) >= 11 is 5.81. The van der Waals surface area contributed by atoms with Gasteiger partial charge in [-0.15, -0.1) is 0 Å². The minimum atomic E-state index is -0.302. The van der Waals surface area contributed by atoms with E-state index >= 15 is 0 Å². The van der Waals surface area contributed by atoms with Crippen molar-refractivity contribution in [1.29, 1.82) is 0 Å². The summed E-state index contributed by atoms with van der Waals surface area (Å²) in [6.45, 7) is 5.23. The summed E-state index contributed by atoms with van der Waals surface area (Å²) in [7, 11) is 0. The number of aliphatic hydroxyl groups excluding tert-OH is 1. The number of benzene rings is 1. The van der Waals surface area contributed by atoms with Gasteiger partial charge >= 0.3 is 0 Å². The maximum Gasteiger partial charge on any atom is 0.0636 e. The molecule has 1 rings (SSSR count). The number of rotatable bonds is 5. The van der Waals surface area contributed by atoms with Gasteiger partial charge in [0.2, 0.25) is 0 Å². The molecule has 0 radical (unpaired) electrons. The van der Waals surface area contributed by atoms with Crippen LogP contribution in [0, 0.1) is 0 Å². The van der Waals surface area contributed by atoms with Gasteiger partial charge in [-0.25, -0.2) is 0 Å². The highest BCUT2D eigenvalue weighted by Gasteiger charge is 1.95. The van der Waals surface area contributed by atoms with Crippen LogP contribution < -0.4 is 5.32 Å². The third-order valence-electron chi connectivity index (χ3n) is 2.13. The molecule has 0 spiro atoms. The first-order valence-electron chi connectivity index (χ1n) is 5.39. The highest BCUT2D eigenvalue weighted by molar-refractivity contribution is 6.30. The quantitative estimate of drug-likeness (QED) is 0.828. The summed E-state index contributed by atoms with van der Waals surface area (Å²) in [6, 6.07) is 7.73. The van der Waals surface area contributed by atoms with Gasteiger partial charge in [0.15, 0.2) is 0 Å². The molecule has 2 N–H and O–H groups in total. The standard InChI is InChI=1S/C13H18ClNO/c1-10(8-15-9-11(2)16)7-12-3-5-13(14)6-4-12/h3-7,11,15-16H,8-9H2,1-2H3/b10-7+/t11-/m0/s1. The zero-order chi connectivity index (χ0) is 12.0. The molecule has 1 aromatic rings. The van der Waals surface area contributed by atoms with Gasteiger partial charge in [-0.2, -0.15) is 0 Å². The minimum Gasteiger partial charge on any atom is -0.392 e. The highest BCUT2D eigenvalue weighted by Crippen LogP contribution is 2.12. The van der Waals surface area contributed by atoms with Crippen molar-refractivity contribution >= 4 is 17.7 Å². The van der Waals surface area contributed by atoms with E-state index < -0.39 is 0 Å². The fourth-order valence-electron chi connectivity index (χ4n) is 1.37. The van der Waals surface area contributed by atoms with E-state index in [4.69, 9.17) is 16.7 Å². The Kier molecular flexibility index (Phi) is 5.53. The molecule has 0 heterocycles. The van der Waals surface area contributed by atoms with Crippen molar-refractivity contribution in [2.24, 2.45) is 0 Å². The topological polar surface area (TPSA) is 32.3 Å². The molecule has 0 aliphatic heterocycles. The molecule has 0 saturated heterocycles. The summed E-state index contributed by atoms with van der Waals surface area (Å²) < 4.78 is 0. The molecule has 88 valence electrons. The van der Waals surface area contributed by atoms with Gasteiger partial charge in [-0.3, -0.25) is 0 Å². The zero-order valence-corrected chi connectivity index (χ0v) is 10.5. The van der Waals surface area contributed by atoms with Crippen molar-refractivity contribution in [3.8, 4) is 0 Å². The van der Waals surface area contributed by atoms with Crippen molar-refractivity contribution in [3.05, 3.63) is 40.4 Å². The molecule has 0 amide bonds. The van der Waals surface area contributed by atoms with E-state index in [9.17, 15) is 0 Å². The van der Waals surface area contributed by atoms with Crippen LogP contribution >= 0.6 is 11.6 Å². The molecule has 0 bridgehead atoms. The van der Waals surface area contributed by atoms with Crippen LogP contribution in [0.3, 0.4) is 0 Å². The summed E-state index contributed by atoms with van der Waals surface area (Å²) in [5.74, 6) is 0. The van der Waals surface area contributed by atoms with E-state index in [1.165, 1.54) is 5.57 Å². The van der Waals surface area contributed by atoms with Crippen molar-refractivity contribution < 1.29 is 5.11 Å². The third-order valence-corrected chi connectivity index (χ3v) is 2.38. The number of halogens is 1. The Labute approximate surface area is 102 Å².